The molecule has 0 aliphatic carbocycles. The fourth-order valence-electron chi connectivity index (χ4n) is 4.08. The van der Waals surface area contributed by atoms with Crippen LogP contribution in [0, 0.1) is 5.92 Å². The molecule has 0 atom stereocenters. The van der Waals surface area contributed by atoms with Crippen LogP contribution in [0.25, 0.3) is 10.9 Å². The molecule has 6 nitrogen and oxygen atoms in total. The standard InChI is InChI=1S/C22H30ClN3O3S/c23-7-10-26-8-3-16(4-9-26)14-29-17-1-2-19-20(13-17)24-21(25-22(19)27)15-30-18-5-11-28-12-6-18/h1-2,13,16,18H,3-12,14-15H2,(H,24,25,27). The van der Waals surface area contributed by atoms with E-state index in [1.165, 1.54) is 0 Å². The maximum atomic E-state index is 12.5. The normalized spacial score (nSPS) is 19.4. The molecule has 1 aromatic carbocycles. The van der Waals surface area contributed by atoms with Gasteiger partial charge in [-0.15, -0.1) is 11.6 Å². The number of nitrogens with one attached hydrogen (secondary N) is 1. The third kappa shape index (κ3) is 5.90. The molecule has 2 aliphatic rings. The fraction of sp³-hybridized carbons (Fsp3) is 0.636. The summed E-state index contributed by atoms with van der Waals surface area (Å²) in [6.07, 6.45) is 4.39. The highest BCUT2D eigenvalue weighted by Gasteiger charge is 2.19. The van der Waals surface area contributed by atoms with Gasteiger partial charge in [-0.3, -0.25) is 4.79 Å². The Morgan fingerprint density at radius 2 is 2.03 bits per heavy atom. The van der Waals surface area contributed by atoms with Gasteiger partial charge in [-0.05, 0) is 56.8 Å². The van der Waals surface area contributed by atoms with Crippen LogP contribution >= 0.6 is 23.4 Å². The molecule has 1 N–H and O–H groups in total. The van der Waals surface area contributed by atoms with Crippen LogP contribution in [-0.2, 0) is 10.5 Å². The van der Waals surface area contributed by atoms with E-state index < -0.39 is 0 Å². The molecule has 2 aromatic rings. The van der Waals surface area contributed by atoms with Crippen molar-refractivity contribution in [2.45, 2.75) is 36.7 Å². The van der Waals surface area contributed by atoms with Crippen LogP contribution in [0.3, 0.4) is 0 Å². The summed E-state index contributed by atoms with van der Waals surface area (Å²) < 4.78 is 11.5. The van der Waals surface area contributed by atoms with E-state index in [-0.39, 0.29) is 5.56 Å². The average molecular weight is 452 g/mol. The number of ether oxygens (including phenoxy) is 2. The summed E-state index contributed by atoms with van der Waals surface area (Å²) in [5, 5.41) is 1.18. The van der Waals surface area contributed by atoms with Gasteiger partial charge in [0.05, 0.1) is 23.3 Å². The van der Waals surface area contributed by atoms with Crippen molar-refractivity contribution in [1.82, 2.24) is 14.9 Å². The zero-order valence-corrected chi connectivity index (χ0v) is 18.8. The Balaban J connectivity index is 1.36. The summed E-state index contributed by atoms with van der Waals surface area (Å²) in [5.41, 5.74) is 0.622. The van der Waals surface area contributed by atoms with Gasteiger partial charge >= 0.3 is 0 Å². The van der Waals surface area contributed by atoms with Crippen molar-refractivity contribution >= 4 is 34.3 Å². The molecule has 0 bridgehead atoms. The lowest BCUT2D eigenvalue weighted by atomic mass is 9.98. The molecule has 8 heteroatoms. The summed E-state index contributed by atoms with van der Waals surface area (Å²) in [4.78, 5) is 22.5. The Hall–Kier alpha value is -1.28. The fourth-order valence-corrected chi connectivity index (χ4v) is 5.37. The third-order valence-corrected chi connectivity index (χ3v) is 7.50. The van der Waals surface area contributed by atoms with Gasteiger partial charge in [-0.1, -0.05) is 0 Å². The van der Waals surface area contributed by atoms with E-state index in [2.05, 4.69) is 9.88 Å². The van der Waals surface area contributed by atoms with E-state index in [4.69, 9.17) is 26.1 Å². The zero-order chi connectivity index (χ0) is 20.8. The summed E-state index contributed by atoms with van der Waals surface area (Å²) >= 11 is 7.69. The van der Waals surface area contributed by atoms with Gasteiger partial charge in [0, 0.05) is 37.0 Å². The molecule has 0 amide bonds. The number of hydrogen-bond donors (Lipinski definition) is 1. The first-order valence-corrected chi connectivity index (χ1v) is 12.4. The minimum atomic E-state index is -0.0826. The number of halogens is 1. The molecule has 0 spiro atoms. The minimum absolute atomic E-state index is 0.0826. The van der Waals surface area contributed by atoms with Gasteiger partial charge in [-0.2, -0.15) is 11.8 Å². The summed E-state index contributed by atoms with van der Waals surface area (Å²) in [5.74, 6) is 3.48. The topological polar surface area (TPSA) is 67.5 Å². The molecule has 2 fully saturated rings. The number of rotatable bonds is 8. The Morgan fingerprint density at radius 3 is 2.80 bits per heavy atom. The van der Waals surface area contributed by atoms with Crippen LogP contribution in [0.1, 0.15) is 31.5 Å². The number of alkyl halides is 1. The highest BCUT2D eigenvalue weighted by Crippen LogP contribution is 2.25. The van der Waals surface area contributed by atoms with E-state index in [1.54, 1.807) is 0 Å². The van der Waals surface area contributed by atoms with Crippen LogP contribution in [0.2, 0.25) is 0 Å². The zero-order valence-electron chi connectivity index (χ0n) is 17.3. The molecular formula is C22H30ClN3O3S. The number of aromatic amines is 1. The number of H-pyrrole nitrogens is 1. The number of aromatic nitrogens is 2. The first kappa shape index (κ1) is 21.9. The third-order valence-electron chi connectivity index (χ3n) is 5.94. The predicted octanol–water partition coefficient (Wildman–Crippen LogP) is 3.66. The Morgan fingerprint density at radius 1 is 1.23 bits per heavy atom. The highest BCUT2D eigenvalue weighted by atomic mass is 35.5. The molecule has 4 rings (SSSR count). The maximum absolute atomic E-state index is 12.5. The van der Waals surface area contributed by atoms with Crippen molar-refractivity contribution in [2.24, 2.45) is 5.92 Å². The molecule has 0 unspecified atom stereocenters. The van der Waals surface area contributed by atoms with Crippen LogP contribution in [0.4, 0.5) is 0 Å². The second-order valence-corrected chi connectivity index (χ2v) is 9.77. The second kappa shape index (κ2) is 10.8. The number of benzene rings is 1. The quantitative estimate of drug-likeness (QED) is 0.618. The largest absolute Gasteiger partial charge is 0.493 e. The van der Waals surface area contributed by atoms with E-state index >= 15 is 0 Å². The first-order chi connectivity index (χ1) is 14.7. The van der Waals surface area contributed by atoms with Gasteiger partial charge in [0.2, 0.25) is 0 Å². The van der Waals surface area contributed by atoms with E-state index in [0.29, 0.717) is 40.3 Å². The number of thioether (sulfide) groups is 1. The monoisotopic (exact) mass is 451 g/mol. The van der Waals surface area contributed by atoms with Crippen molar-refractivity contribution in [3.63, 3.8) is 0 Å². The Bertz CT molecular complexity index is 880. The van der Waals surface area contributed by atoms with Gasteiger partial charge in [0.25, 0.3) is 5.56 Å². The molecule has 0 saturated carbocycles. The Kier molecular flexibility index (Phi) is 7.93. The van der Waals surface area contributed by atoms with Gasteiger partial charge in [0.1, 0.15) is 11.6 Å². The number of nitrogens with zero attached hydrogens (tertiary/aromatic N) is 2. The lowest BCUT2D eigenvalue weighted by Crippen LogP contribution is -2.36. The SMILES string of the molecule is O=c1[nH]c(CSC2CCOCC2)nc2cc(OCC3CCN(CCCl)CC3)ccc12. The number of hydrogen-bond acceptors (Lipinski definition) is 6. The van der Waals surface area contributed by atoms with E-state index in [1.807, 2.05) is 30.0 Å². The van der Waals surface area contributed by atoms with Crippen LogP contribution < -0.4 is 10.3 Å². The highest BCUT2D eigenvalue weighted by molar-refractivity contribution is 7.99. The van der Waals surface area contributed by atoms with E-state index in [0.717, 1.165) is 70.1 Å². The summed E-state index contributed by atoms with van der Waals surface area (Å²) in [6, 6.07) is 5.59. The predicted molar refractivity (Wildman–Crippen MR) is 123 cm³/mol. The number of fused-ring (bicyclic) bond motifs is 1. The molecule has 0 radical (unpaired) electrons. The summed E-state index contributed by atoms with van der Waals surface area (Å²) in [7, 11) is 0. The van der Waals surface area contributed by atoms with Crippen molar-refractivity contribution in [2.75, 3.05) is 45.3 Å². The second-order valence-electron chi connectivity index (χ2n) is 8.10. The molecule has 30 heavy (non-hydrogen) atoms. The van der Waals surface area contributed by atoms with Crippen molar-refractivity contribution < 1.29 is 9.47 Å². The lowest BCUT2D eigenvalue weighted by molar-refractivity contribution is 0.1000. The molecule has 1 aromatic heterocycles. The van der Waals surface area contributed by atoms with Gasteiger partial charge < -0.3 is 19.4 Å². The van der Waals surface area contributed by atoms with Gasteiger partial charge in [-0.25, -0.2) is 4.98 Å². The summed E-state index contributed by atoms with van der Waals surface area (Å²) in [6.45, 7) is 5.50. The van der Waals surface area contributed by atoms with Crippen molar-refractivity contribution in [1.29, 1.82) is 0 Å². The maximum Gasteiger partial charge on any atom is 0.258 e. The molecule has 2 aliphatic heterocycles. The average Bonchev–Trinajstić information content (AvgIpc) is 2.78. The lowest BCUT2D eigenvalue weighted by Gasteiger charge is -2.31. The van der Waals surface area contributed by atoms with Crippen LogP contribution in [-0.4, -0.2) is 65.5 Å². The van der Waals surface area contributed by atoms with Crippen molar-refractivity contribution in [3.8, 4) is 5.75 Å². The molecule has 3 heterocycles. The number of likely N-dealkylation sites (tertiary alicyclic amines) is 1. The smallest absolute Gasteiger partial charge is 0.258 e. The van der Waals surface area contributed by atoms with Gasteiger partial charge in [0.15, 0.2) is 0 Å². The Labute approximate surface area is 186 Å². The number of piperidine rings is 1. The first-order valence-electron chi connectivity index (χ1n) is 10.8. The van der Waals surface area contributed by atoms with Crippen LogP contribution in [0.15, 0.2) is 23.0 Å². The van der Waals surface area contributed by atoms with Crippen LogP contribution in [0.5, 0.6) is 5.75 Å². The molecular weight excluding hydrogens is 422 g/mol. The minimum Gasteiger partial charge on any atom is -0.493 e. The van der Waals surface area contributed by atoms with E-state index in [9.17, 15) is 4.79 Å². The molecule has 2 saturated heterocycles. The van der Waals surface area contributed by atoms with Crippen molar-refractivity contribution in [3.05, 3.63) is 34.4 Å². The molecule has 164 valence electrons.